The number of anilines is 1. The van der Waals surface area contributed by atoms with Gasteiger partial charge in [0.2, 0.25) is 17.7 Å². The Balaban J connectivity index is 1.46. The molecule has 10 heteroatoms. The molecule has 2 fully saturated rings. The predicted molar refractivity (Wildman–Crippen MR) is 136 cm³/mol. The number of benzene rings is 3. The molecule has 38 heavy (non-hydrogen) atoms. The lowest BCUT2D eigenvalue weighted by atomic mass is 9.76. The summed E-state index contributed by atoms with van der Waals surface area (Å²) in [5, 5.41) is 26.2. The molecule has 0 aromatic heterocycles. The zero-order valence-corrected chi connectivity index (χ0v) is 20.9. The second-order valence-corrected chi connectivity index (χ2v) is 10.5. The van der Waals surface area contributed by atoms with Crippen molar-refractivity contribution in [3.8, 4) is 11.5 Å². The number of hydrogen-bond donors (Lipinski definition) is 4. The first kappa shape index (κ1) is 24.4. The fraction of sp³-hybridized carbons (Fsp3) is 0.250. The monoisotopic (exact) mass is 535 g/mol. The third-order valence-electron chi connectivity index (χ3n) is 7.76. The van der Waals surface area contributed by atoms with Crippen LogP contribution >= 0.6 is 11.6 Å². The molecule has 0 saturated carbocycles. The Morgan fingerprint density at radius 1 is 0.974 bits per heavy atom. The molecule has 3 aromatic rings. The molecule has 3 heterocycles. The van der Waals surface area contributed by atoms with E-state index in [0.29, 0.717) is 27.4 Å². The van der Waals surface area contributed by atoms with E-state index in [1.54, 1.807) is 18.2 Å². The largest absolute Gasteiger partial charge is 0.504 e. The number of likely N-dealkylation sites (tertiary alicyclic amines) is 1. The van der Waals surface area contributed by atoms with Gasteiger partial charge in [0.15, 0.2) is 11.5 Å². The van der Waals surface area contributed by atoms with Gasteiger partial charge in [-0.1, -0.05) is 35.9 Å². The number of phenols is 2. The van der Waals surface area contributed by atoms with E-state index < -0.39 is 47.0 Å². The molecule has 0 unspecified atom stereocenters. The molecule has 8 nitrogen and oxygen atoms in total. The van der Waals surface area contributed by atoms with Crippen LogP contribution in [-0.2, 0) is 32.9 Å². The van der Waals surface area contributed by atoms with Crippen LogP contribution in [0.1, 0.15) is 22.3 Å². The van der Waals surface area contributed by atoms with Gasteiger partial charge in [0.25, 0.3) is 0 Å². The van der Waals surface area contributed by atoms with Crippen LogP contribution in [0.2, 0.25) is 5.02 Å². The lowest BCUT2D eigenvalue weighted by Gasteiger charge is -2.30. The van der Waals surface area contributed by atoms with Gasteiger partial charge in [-0.05, 0) is 60.4 Å². The van der Waals surface area contributed by atoms with Crippen LogP contribution in [0, 0.1) is 24.6 Å². The minimum absolute atomic E-state index is 0.0587. The van der Waals surface area contributed by atoms with Gasteiger partial charge in [0.1, 0.15) is 11.4 Å². The molecule has 3 aliphatic rings. The standard InChI is InChI=1S/C28H23ClFN3O5/c1-13-8-17-24(18(29)9-13)31-27(38)28(17)23-22(19(32-28)10-15-4-7-20(34)21(35)11-15)25(36)33(26(23)37)12-14-2-5-16(30)6-3-14/h2-9,11,19,22-23,32,34-35H,10,12H2,1H3,(H,31,38)/t19-,22+,23-,28+/m0/s1. The molecule has 3 aliphatic heterocycles. The van der Waals surface area contributed by atoms with Gasteiger partial charge in [-0.25, -0.2) is 4.39 Å². The summed E-state index contributed by atoms with van der Waals surface area (Å²) in [7, 11) is 0. The number of nitrogens with one attached hydrogen (secondary N) is 2. The van der Waals surface area contributed by atoms with Gasteiger partial charge in [-0.15, -0.1) is 0 Å². The zero-order chi connectivity index (χ0) is 26.9. The van der Waals surface area contributed by atoms with Crippen molar-refractivity contribution in [2.75, 3.05) is 5.32 Å². The van der Waals surface area contributed by atoms with Gasteiger partial charge < -0.3 is 15.5 Å². The summed E-state index contributed by atoms with van der Waals surface area (Å²) in [6.07, 6.45) is 0.197. The maximum absolute atomic E-state index is 14.0. The minimum Gasteiger partial charge on any atom is -0.504 e. The first-order valence-corrected chi connectivity index (χ1v) is 12.5. The van der Waals surface area contributed by atoms with E-state index in [-0.39, 0.29) is 24.5 Å². The highest BCUT2D eigenvalue weighted by molar-refractivity contribution is 6.35. The number of carbonyl (C=O) groups is 3. The van der Waals surface area contributed by atoms with Gasteiger partial charge in [-0.2, -0.15) is 0 Å². The first-order valence-electron chi connectivity index (χ1n) is 12.1. The van der Waals surface area contributed by atoms with E-state index >= 15 is 0 Å². The van der Waals surface area contributed by atoms with Gasteiger partial charge >= 0.3 is 0 Å². The highest BCUT2D eigenvalue weighted by atomic mass is 35.5. The Labute approximate surface area is 222 Å². The van der Waals surface area contributed by atoms with Crippen LogP contribution in [0.5, 0.6) is 11.5 Å². The van der Waals surface area contributed by atoms with Crippen molar-refractivity contribution >= 4 is 35.0 Å². The van der Waals surface area contributed by atoms with E-state index in [9.17, 15) is 29.0 Å². The predicted octanol–water partition coefficient (Wildman–Crippen LogP) is 3.36. The summed E-state index contributed by atoms with van der Waals surface area (Å²) in [6.45, 7) is 1.77. The normalized spacial score (nSPS) is 25.7. The lowest BCUT2D eigenvalue weighted by Crippen LogP contribution is -2.53. The molecule has 6 rings (SSSR count). The quantitative estimate of drug-likeness (QED) is 0.300. The maximum Gasteiger partial charge on any atom is 0.250 e. The van der Waals surface area contributed by atoms with Crippen molar-refractivity contribution in [2.45, 2.75) is 31.5 Å². The van der Waals surface area contributed by atoms with Gasteiger partial charge in [-0.3, -0.25) is 24.6 Å². The average molecular weight is 536 g/mol. The summed E-state index contributed by atoms with van der Waals surface area (Å²) in [5.74, 6) is -4.40. The Bertz CT molecular complexity index is 1530. The molecular weight excluding hydrogens is 513 g/mol. The van der Waals surface area contributed by atoms with Crippen molar-refractivity contribution in [1.82, 2.24) is 10.2 Å². The lowest BCUT2D eigenvalue weighted by molar-refractivity contribution is -0.143. The van der Waals surface area contributed by atoms with Crippen LogP contribution in [0.4, 0.5) is 10.1 Å². The highest BCUT2D eigenvalue weighted by Gasteiger charge is 2.70. The number of aryl methyl sites for hydroxylation is 1. The van der Waals surface area contributed by atoms with Crippen LogP contribution in [0.15, 0.2) is 54.6 Å². The second kappa shape index (κ2) is 8.54. The molecule has 0 bridgehead atoms. The van der Waals surface area contributed by atoms with E-state index in [1.165, 1.54) is 36.4 Å². The molecule has 3 amide bonds. The Kier molecular flexibility index (Phi) is 5.48. The molecule has 0 aliphatic carbocycles. The van der Waals surface area contributed by atoms with Crippen molar-refractivity contribution in [3.05, 3.63) is 87.7 Å². The number of aromatic hydroxyl groups is 2. The summed E-state index contributed by atoms with van der Waals surface area (Å²) < 4.78 is 13.5. The number of amides is 3. The topological polar surface area (TPSA) is 119 Å². The number of rotatable bonds is 4. The minimum atomic E-state index is -1.54. The van der Waals surface area contributed by atoms with E-state index in [4.69, 9.17) is 11.6 Å². The number of hydrogen-bond acceptors (Lipinski definition) is 6. The SMILES string of the molecule is Cc1cc(Cl)c2c(c1)[C@]1(N[C@@H](Cc3ccc(O)c(O)c3)[C@H]3C(=O)N(Cc4ccc(F)cc4)C(=O)[C@H]31)C(=O)N2. The van der Waals surface area contributed by atoms with Crippen LogP contribution < -0.4 is 10.6 Å². The smallest absolute Gasteiger partial charge is 0.250 e. The summed E-state index contributed by atoms with van der Waals surface area (Å²) in [6, 6.07) is 12.7. The van der Waals surface area contributed by atoms with Crippen molar-refractivity contribution < 1.29 is 29.0 Å². The first-order chi connectivity index (χ1) is 18.1. The Morgan fingerprint density at radius 2 is 1.68 bits per heavy atom. The molecule has 3 aromatic carbocycles. The number of halogens is 2. The third-order valence-corrected chi connectivity index (χ3v) is 8.06. The number of fused-ring (bicyclic) bond motifs is 4. The molecule has 0 radical (unpaired) electrons. The second-order valence-electron chi connectivity index (χ2n) is 10.1. The molecule has 1 spiro atoms. The van der Waals surface area contributed by atoms with Gasteiger partial charge in [0.05, 0.1) is 29.1 Å². The zero-order valence-electron chi connectivity index (χ0n) is 20.2. The van der Waals surface area contributed by atoms with Crippen LogP contribution in [0.3, 0.4) is 0 Å². The van der Waals surface area contributed by atoms with Crippen molar-refractivity contribution in [3.63, 3.8) is 0 Å². The highest BCUT2D eigenvalue weighted by Crippen LogP contribution is 2.55. The fourth-order valence-electron chi connectivity index (χ4n) is 6.11. The van der Waals surface area contributed by atoms with Gasteiger partial charge in [0, 0.05) is 11.6 Å². The third kappa shape index (κ3) is 3.49. The van der Waals surface area contributed by atoms with E-state index in [0.717, 1.165) is 10.5 Å². The number of phenolic OH excluding ortho intramolecular Hbond substituents is 2. The summed E-state index contributed by atoms with van der Waals surface area (Å²) in [4.78, 5) is 42.6. The average Bonchev–Trinajstić information content (AvgIpc) is 3.44. The molecule has 2 saturated heterocycles. The van der Waals surface area contributed by atoms with Crippen molar-refractivity contribution in [2.24, 2.45) is 11.8 Å². The molecule has 4 atom stereocenters. The summed E-state index contributed by atoms with van der Waals surface area (Å²) >= 11 is 6.47. The van der Waals surface area contributed by atoms with E-state index in [2.05, 4.69) is 10.6 Å². The number of imide groups is 1. The molecule has 4 N–H and O–H groups in total. The Morgan fingerprint density at radius 3 is 2.39 bits per heavy atom. The van der Waals surface area contributed by atoms with Crippen LogP contribution in [0.25, 0.3) is 0 Å². The maximum atomic E-state index is 14.0. The van der Waals surface area contributed by atoms with Crippen LogP contribution in [-0.4, -0.2) is 38.9 Å². The Hall–Kier alpha value is -3.95. The fourth-order valence-corrected chi connectivity index (χ4v) is 6.43. The number of carbonyl (C=O) groups excluding carboxylic acids is 3. The van der Waals surface area contributed by atoms with E-state index in [1.807, 2.05) is 6.92 Å². The molecular formula is C28H23ClFN3O5. The number of nitrogens with zero attached hydrogens (tertiary/aromatic N) is 1. The molecule has 194 valence electrons. The van der Waals surface area contributed by atoms with Crippen molar-refractivity contribution in [1.29, 1.82) is 0 Å². The summed E-state index contributed by atoms with van der Waals surface area (Å²) in [5.41, 5.74) is 1.33.